The second-order valence-corrected chi connectivity index (χ2v) is 5.27. The van der Waals surface area contributed by atoms with Crippen LogP contribution in [-0.2, 0) is 9.53 Å². The molecule has 1 fully saturated rings. The molecule has 1 saturated heterocycles. The van der Waals surface area contributed by atoms with Crippen LogP contribution in [0.5, 0.6) is 0 Å². The van der Waals surface area contributed by atoms with Crippen LogP contribution in [0.4, 0.5) is 5.69 Å². The standard InChI is InChI=1S/C11H12BrClN2O2/c1-6-2-7(5-17-6)11(16)15-8-3-9(12)10(13)14-4-8/h3-4,6-7H,2,5H2,1H3,(H,15,16). The number of carbonyl (C=O) groups is 1. The maximum atomic E-state index is 11.9. The molecule has 1 amide bonds. The number of aromatic nitrogens is 1. The van der Waals surface area contributed by atoms with Crippen molar-refractivity contribution in [3.8, 4) is 0 Å². The summed E-state index contributed by atoms with van der Waals surface area (Å²) in [5, 5.41) is 3.18. The number of rotatable bonds is 2. The SMILES string of the molecule is CC1CC(C(=O)Nc2cnc(Cl)c(Br)c2)CO1. The fraction of sp³-hybridized carbons (Fsp3) is 0.455. The van der Waals surface area contributed by atoms with Crippen LogP contribution in [0, 0.1) is 5.92 Å². The highest BCUT2D eigenvalue weighted by Crippen LogP contribution is 2.24. The van der Waals surface area contributed by atoms with Gasteiger partial charge in [-0.3, -0.25) is 4.79 Å². The summed E-state index contributed by atoms with van der Waals surface area (Å²) in [4.78, 5) is 15.8. The Hall–Kier alpha value is -0.650. The van der Waals surface area contributed by atoms with Crippen LogP contribution in [0.25, 0.3) is 0 Å². The molecule has 2 unspecified atom stereocenters. The summed E-state index contributed by atoms with van der Waals surface area (Å²) < 4.78 is 6.02. The van der Waals surface area contributed by atoms with Gasteiger partial charge in [0.05, 0.1) is 35.0 Å². The second-order valence-electron chi connectivity index (χ2n) is 4.06. The Kier molecular flexibility index (Phi) is 4.01. The molecular formula is C11H12BrClN2O2. The van der Waals surface area contributed by atoms with Gasteiger partial charge in [0, 0.05) is 0 Å². The number of nitrogens with zero attached hydrogens (tertiary/aromatic N) is 1. The predicted octanol–water partition coefficient (Wildman–Crippen LogP) is 2.86. The molecule has 6 heteroatoms. The number of nitrogens with one attached hydrogen (secondary N) is 1. The topological polar surface area (TPSA) is 51.2 Å². The van der Waals surface area contributed by atoms with Crippen LogP contribution in [-0.4, -0.2) is 23.6 Å². The largest absolute Gasteiger partial charge is 0.378 e. The highest BCUT2D eigenvalue weighted by atomic mass is 79.9. The average Bonchev–Trinajstić information content (AvgIpc) is 2.70. The lowest BCUT2D eigenvalue weighted by molar-refractivity contribution is -0.119. The first kappa shape index (κ1) is 12.8. The van der Waals surface area contributed by atoms with Crippen molar-refractivity contribution in [3.63, 3.8) is 0 Å². The lowest BCUT2D eigenvalue weighted by Gasteiger charge is -2.09. The Morgan fingerprint density at radius 3 is 3.06 bits per heavy atom. The minimum Gasteiger partial charge on any atom is -0.378 e. The van der Waals surface area contributed by atoms with E-state index in [1.54, 1.807) is 6.07 Å². The number of pyridine rings is 1. The maximum absolute atomic E-state index is 11.9. The van der Waals surface area contributed by atoms with E-state index in [2.05, 4.69) is 26.2 Å². The number of halogens is 2. The third-order valence-corrected chi connectivity index (χ3v) is 3.77. The summed E-state index contributed by atoms with van der Waals surface area (Å²) in [5.41, 5.74) is 0.630. The summed E-state index contributed by atoms with van der Waals surface area (Å²) in [5.74, 6) is -0.121. The highest BCUT2D eigenvalue weighted by Gasteiger charge is 2.28. The van der Waals surface area contributed by atoms with Gasteiger partial charge < -0.3 is 10.1 Å². The fourth-order valence-corrected chi connectivity index (χ4v) is 2.19. The van der Waals surface area contributed by atoms with E-state index in [1.165, 1.54) is 6.20 Å². The Balaban J connectivity index is 2.00. The second kappa shape index (κ2) is 5.33. The molecule has 92 valence electrons. The summed E-state index contributed by atoms with van der Waals surface area (Å²) in [6, 6.07) is 1.73. The molecule has 1 aromatic heterocycles. The minimum absolute atomic E-state index is 0.0367. The number of hydrogen-bond donors (Lipinski definition) is 1. The van der Waals surface area contributed by atoms with Gasteiger partial charge in [0.2, 0.25) is 5.91 Å². The van der Waals surface area contributed by atoms with Crippen LogP contribution >= 0.6 is 27.5 Å². The van der Waals surface area contributed by atoms with Crippen LogP contribution in [0.2, 0.25) is 5.15 Å². The molecule has 1 aliphatic heterocycles. The van der Waals surface area contributed by atoms with Gasteiger partial charge in [0.15, 0.2) is 0 Å². The maximum Gasteiger partial charge on any atom is 0.229 e. The third kappa shape index (κ3) is 3.18. The zero-order chi connectivity index (χ0) is 12.4. The molecule has 2 rings (SSSR count). The Morgan fingerprint density at radius 2 is 2.47 bits per heavy atom. The summed E-state index contributed by atoms with van der Waals surface area (Å²) in [6.45, 7) is 2.45. The zero-order valence-electron chi connectivity index (χ0n) is 9.24. The van der Waals surface area contributed by atoms with E-state index in [1.807, 2.05) is 6.92 Å². The quantitative estimate of drug-likeness (QED) is 0.853. The molecule has 0 spiro atoms. The van der Waals surface area contributed by atoms with Crippen LogP contribution < -0.4 is 5.32 Å². The van der Waals surface area contributed by atoms with E-state index in [0.29, 0.717) is 21.9 Å². The number of anilines is 1. The van der Waals surface area contributed by atoms with Crippen LogP contribution in [0.15, 0.2) is 16.7 Å². The molecule has 1 aliphatic rings. The van der Waals surface area contributed by atoms with Crippen molar-refractivity contribution in [1.29, 1.82) is 0 Å². The molecule has 0 saturated carbocycles. The first-order chi connectivity index (χ1) is 8.06. The van der Waals surface area contributed by atoms with Crippen molar-refractivity contribution < 1.29 is 9.53 Å². The van der Waals surface area contributed by atoms with Gasteiger partial charge in [-0.1, -0.05) is 11.6 Å². The summed E-state index contributed by atoms with van der Waals surface area (Å²) in [6.07, 6.45) is 2.44. The number of carbonyl (C=O) groups excluding carboxylic acids is 1. The number of hydrogen-bond acceptors (Lipinski definition) is 3. The van der Waals surface area contributed by atoms with Gasteiger partial charge in [-0.2, -0.15) is 0 Å². The normalized spacial score (nSPS) is 23.7. The molecule has 0 radical (unpaired) electrons. The third-order valence-electron chi connectivity index (χ3n) is 2.63. The van der Waals surface area contributed by atoms with Crippen molar-refractivity contribution in [2.45, 2.75) is 19.4 Å². The molecule has 1 aromatic rings. The predicted molar refractivity (Wildman–Crippen MR) is 69.1 cm³/mol. The minimum atomic E-state index is -0.0838. The first-order valence-corrected chi connectivity index (χ1v) is 6.47. The number of amides is 1. The highest BCUT2D eigenvalue weighted by molar-refractivity contribution is 9.10. The monoisotopic (exact) mass is 318 g/mol. The molecule has 17 heavy (non-hydrogen) atoms. The van der Waals surface area contributed by atoms with Crippen LogP contribution in [0.1, 0.15) is 13.3 Å². The van der Waals surface area contributed by atoms with Gasteiger partial charge in [-0.05, 0) is 35.3 Å². The first-order valence-electron chi connectivity index (χ1n) is 5.30. The van der Waals surface area contributed by atoms with Crippen LogP contribution in [0.3, 0.4) is 0 Å². The van der Waals surface area contributed by atoms with E-state index in [4.69, 9.17) is 16.3 Å². The lowest BCUT2D eigenvalue weighted by atomic mass is 10.1. The van der Waals surface area contributed by atoms with Gasteiger partial charge in [-0.15, -0.1) is 0 Å². The van der Waals surface area contributed by atoms with E-state index < -0.39 is 0 Å². The van der Waals surface area contributed by atoms with Crippen molar-refractivity contribution in [1.82, 2.24) is 4.98 Å². The van der Waals surface area contributed by atoms with E-state index in [0.717, 1.165) is 6.42 Å². The Morgan fingerprint density at radius 1 is 1.71 bits per heavy atom. The van der Waals surface area contributed by atoms with Gasteiger partial charge in [0.25, 0.3) is 0 Å². The molecule has 0 aromatic carbocycles. The van der Waals surface area contributed by atoms with Crippen molar-refractivity contribution in [3.05, 3.63) is 21.9 Å². The Labute approximate surface area is 113 Å². The van der Waals surface area contributed by atoms with Crippen molar-refractivity contribution in [2.24, 2.45) is 5.92 Å². The summed E-state index contributed by atoms with van der Waals surface area (Å²) in [7, 11) is 0. The molecule has 2 heterocycles. The van der Waals surface area contributed by atoms with E-state index in [9.17, 15) is 4.79 Å². The van der Waals surface area contributed by atoms with E-state index >= 15 is 0 Å². The van der Waals surface area contributed by atoms with Crippen molar-refractivity contribution in [2.75, 3.05) is 11.9 Å². The molecule has 0 aliphatic carbocycles. The van der Waals surface area contributed by atoms with Crippen molar-refractivity contribution >= 4 is 39.1 Å². The molecular weight excluding hydrogens is 307 g/mol. The van der Waals surface area contributed by atoms with Gasteiger partial charge in [0.1, 0.15) is 5.15 Å². The number of ether oxygens (including phenoxy) is 1. The average molecular weight is 320 g/mol. The van der Waals surface area contributed by atoms with Gasteiger partial charge >= 0.3 is 0 Å². The molecule has 1 N–H and O–H groups in total. The Bertz CT molecular complexity index is 441. The smallest absolute Gasteiger partial charge is 0.229 e. The van der Waals surface area contributed by atoms with Gasteiger partial charge in [-0.25, -0.2) is 4.98 Å². The van der Waals surface area contributed by atoms with E-state index in [-0.39, 0.29) is 17.9 Å². The zero-order valence-corrected chi connectivity index (χ0v) is 11.6. The lowest BCUT2D eigenvalue weighted by Crippen LogP contribution is -2.23. The molecule has 0 bridgehead atoms. The summed E-state index contributed by atoms with van der Waals surface area (Å²) >= 11 is 9.03. The fourth-order valence-electron chi connectivity index (χ4n) is 1.73. The molecule has 2 atom stereocenters. The molecule has 4 nitrogen and oxygen atoms in total.